The van der Waals surface area contributed by atoms with Crippen molar-refractivity contribution in [2.24, 2.45) is 5.41 Å². The maximum Gasteiger partial charge on any atom is 0.416 e. The molecule has 0 saturated heterocycles. The first-order valence-corrected chi connectivity index (χ1v) is 12.7. The summed E-state index contributed by atoms with van der Waals surface area (Å²) in [5, 5.41) is 10.9. The highest BCUT2D eigenvalue weighted by Gasteiger charge is 2.41. The lowest BCUT2D eigenvalue weighted by Gasteiger charge is -2.31. The van der Waals surface area contributed by atoms with Crippen molar-refractivity contribution in [3.05, 3.63) is 77.4 Å². The number of aliphatic hydroxyl groups excluding tert-OH is 1. The minimum absolute atomic E-state index is 0.105. The molecule has 3 atom stereocenters. The summed E-state index contributed by atoms with van der Waals surface area (Å²) in [6.45, 7) is 6.82. The lowest BCUT2D eigenvalue weighted by molar-refractivity contribution is -0.168. The van der Waals surface area contributed by atoms with E-state index in [2.05, 4.69) is 4.74 Å². The zero-order valence-corrected chi connectivity index (χ0v) is 22.5. The third-order valence-corrected chi connectivity index (χ3v) is 6.42. The van der Waals surface area contributed by atoms with E-state index in [0.717, 1.165) is 24.4 Å². The fraction of sp³-hybridized carbons (Fsp3) is 0.367. The molecule has 1 aliphatic rings. The van der Waals surface area contributed by atoms with E-state index in [1.807, 2.05) is 39.0 Å². The van der Waals surface area contributed by atoms with Gasteiger partial charge in [0.25, 0.3) is 5.91 Å². The molecule has 40 heavy (non-hydrogen) atoms. The predicted molar refractivity (Wildman–Crippen MR) is 141 cm³/mol. The summed E-state index contributed by atoms with van der Waals surface area (Å²) >= 11 is 0. The van der Waals surface area contributed by atoms with Gasteiger partial charge in [0.2, 0.25) is 0 Å². The number of anilines is 1. The molecule has 212 valence electrons. The van der Waals surface area contributed by atoms with Crippen molar-refractivity contribution in [2.45, 2.75) is 58.6 Å². The maximum atomic E-state index is 13.9. The number of benzene rings is 3. The Balaban J connectivity index is 1.92. The first-order valence-electron chi connectivity index (χ1n) is 12.7. The highest BCUT2D eigenvalue weighted by molar-refractivity contribution is 6.01. The second-order valence-electron chi connectivity index (χ2n) is 11.0. The van der Waals surface area contributed by atoms with Crippen molar-refractivity contribution in [1.82, 2.24) is 0 Å². The molecule has 1 heterocycles. The van der Waals surface area contributed by atoms with Gasteiger partial charge in [-0.2, -0.15) is 13.2 Å². The fourth-order valence-electron chi connectivity index (χ4n) is 4.66. The predicted octanol–water partition coefficient (Wildman–Crippen LogP) is 5.57. The van der Waals surface area contributed by atoms with Crippen LogP contribution in [0, 0.1) is 5.41 Å². The topological polar surface area (TPSA) is 93.1 Å². The van der Waals surface area contributed by atoms with Gasteiger partial charge in [0, 0.05) is 17.8 Å². The van der Waals surface area contributed by atoms with Crippen LogP contribution in [0.15, 0.2) is 60.7 Å². The third kappa shape index (κ3) is 6.34. The summed E-state index contributed by atoms with van der Waals surface area (Å²) in [6.07, 6.45) is -9.60. The van der Waals surface area contributed by atoms with E-state index in [-0.39, 0.29) is 17.8 Å². The Morgan fingerprint density at radius 1 is 1.02 bits per heavy atom. The zero-order chi connectivity index (χ0) is 29.4. The number of rotatable bonds is 5. The number of amides is 1. The molecule has 0 saturated carbocycles. The SMILES string of the molecule is CC(O)C(=O)OC(=O)CC1OC(c2cccc3ccccc23)c2cc(C(F)(F)F)ccc2N(CC(C)(C)C)C1=O. The van der Waals surface area contributed by atoms with Crippen LogP contribution in [0.2, 0.25) is 0 Å². The molecule has 1 amide bonds. The standard InChI is InChI=1S/C30H30F3NO6/c1-17(35)28(38)40-25(36)15-24-27(37)34(16-29(2,3)4)23-13-12-19(30(31,32)33)14-22(23)26(39-24)21-11-7-9-18-8-5-6-10-20(18)21/h5-14,17,24,26,35H,15-16H2,1-4H3. The first kappa shape index (κ1) is 29.2. The molecule has 3 unspecified atom stereocenters. The summed E-state index contributed by atoms with van der Waals surface area (Å²) in [6, 6.07) is 15.7. The van der Waals surface area contributed by atoms with Crippen molar-refractivity contribution in [3.8, 4) is 0 Å². The van der Waals surface area contributed by atoms with Crippen LogP contribution in [-0.2, 0) is 30.0 Å². The van der Waals surface area contributed by atoms with Crippen molar-refractivity contribution in [1.29, 1.82) is 0 Å². The van der Waals surface area contributed by atoms with E-state index >= 15 is 0 Å². The van der Waals surface area contributed by atoms with Crippen LogP contribution in [0.5, 0.6) is 0 Å². The fourth-order valence-corrected chi connectivity index (χ4v) is 4.66. The average molecular weight is 558 g/mol. The minimum atomic E-state index is -4.66. The number of carbonyl (C=O) groups is 3. The van der Waals surface area contributed by atoms with E-state index in [1.54, 1.807) is 24.3 Å². The van der Waals surface area contributed by atoms with Gasteiger partial charge < -0.3 is 19.5 Å². The number of hydrogen-bond acceptors (Lipinski definition) is 6. The largest absolute Gasteiger partial charge is 0.416 e. The summed E-state index contributed by atoms with van der Waals surface area (Å²) in [4.78, 5) is 39.7. The number of nitrogens with zero attached hydrogens (tertiary/aromatic N) is 1. The molecule has 0 aromatic heterocycles. The Labute approximate surface area is 229 Å². The molecule has 0 fully saturated rings. The molecular formula is C30H30F3NO6. The molecule has 0 radical (unpaired) electrons. The summed E-state index contributed by atoms with van der Waals surface area (Å²) in [5.41, 5.74) is -0.560. The zero-order valence-electron chi connectivity index (χ0n) is 22.5. The maximum absolute atomic E-state index is 13.9. The van der Waals surface area contributed by atoms with E-state index < -0.39 is 59.7 Å². The molecule has 0 aliphatic carbocycles. The number of hydrogen-bond donors (Lipinski definition) is 1. The number of fused-ring (bicyclic) bond motifs is 2. The Kier molecular flexibility index (Phi) is 8.05. The van der Waals surface area contributed by atoms with Gasteiger partial charge in [0.05, 0.1) is 12.0 Å². The second kappa shape index (κ2) is 11.0. The number of halogens is 3. The Morgan fingerprint density at radius 2 is 1.70 bits per heavy atom. The normalized spacial score (nSPS) is 18.7. The molecule has 1 aliphatic heterocycles. The molecule has 0 spiro atoms. The minimum Gasteiger partial charge on any atom is -0.391 e. The molecule has 3 aromatic rings. The van der Waals surface area contributed by atoms with Gasteiger partial charge in [-0.15, -0.1) is 0 Å². The molecule has 1 N–H and O–H groups in total. The number of alkyl halides is 3. The lowest BCUT2D eigenvalue weighted by Crippen LogP contribution is -2.44. The van der Waals surface area contributed by atoms with Gasteiger partial charge in [0.1, 0.15) is 18.3 Å². The number of aliphatic hydroxyl groups is 1. The quantitative estimate of drug-likeness (QED) is 0.326. The van der Waals surface area contributed by atoms with E-state index in [1.165, 1.54) is 11.0 Å². The van der Waals surface area contributed by atoms with E-state index in [9.17, 15) is 32.7 Å². The summed E-state index contributed by atoms with van der Waals surface area (Å²) < 4.78 is 52.6. The highest BCUT2D eigenvalue weighted by atomic mass is 19.4. The van der Waals surface area contributed by atoms with Crippen molar-refractivity contribution < 1.29 is 42.1 Å². The number of ether oxygens (including phenoxy) is 2. The third-order valence-electron chi connectivity index (χ3n) is 6.42. The van der Waals surface area contributed by atoms with Crippen molar-refractivity contribution in [2.75, 3.05) is 11.4 Å². The molecular weight excluding hydrogens is 527 g/mol. The van der Waals surface area contributed by atoms with Crippen LogP contribution in [0.1, 0.15) is 56.9 Å². The van der Waals surface area contributed by atoms with Gasteiger partial charge in [-0.05, 0) is 46.9 Å². The van der Waals surface area contributed by atoms with Gasteiger partial charge in [0.15, 0.2) is 0 Å². The van der Waals surface area contributed by atoms with Gasteiger partial charge in [-0.25, -0.2) is 4.79 Å². The summed E-state index contributed by atoms with van der Waals surface area (Å²) in [5.74, 6) is -2.97. The molecule has 0 bridgehead atoms. The van der Waals surface area contributed by atoms with Crippen LogP contribution in [0.3, 0.4) is 0 Å². The van der Waals surface area contributed by atoms with Crippen molar-refractivity contribution >= 4 is 34.3 Å². The number of esters is 2. The van der Waals surface area contributed by atoms with Gasteiger partial charge in [-0.3, -0.25) is 9.59 Å². The smallest absolute Gasteiger partial charge is 0.391 e. The van der Waals surface area contributed by atoms with Crippen LogP contribution in [0.4, 0.5) is 18.9 Å². The Bertz CT molecular complexity index is 1440. The second-order valence-corrected chi connectivity index (χ2v) is 11.0. The van der Waals surface area contributed by atoms with Crippen LogP contribution >= 0.6 is 0 Å². The highest BCUT2D eigenvalue weighted by Crippen LogP contribution is 2.44. The van der Waals surface area contributed by atoms with E-state index in [0.29, 0.717) is 10.9 Å². The Morgan fingerprint density at radius 3 is 2.35 bits per heavy atom. The molecule has 7 nitrogen and oxygen atoms in total. The van der Waals surface area contributed by atoms with Crippen LogP contribution < -0.4 is 4.90 Å². The van der Waals surface area contributed by atoms with E-state index in [4.69, 9.17) is 4.74 Å². The summed E-state index contributed by atoms with van der Waals surface area (Å²) in [7, 11) is 0. The van der Waals surface area contributed by atoms with Crippen LogP contribution in [-0.4, -0.2) is 41.7 Å². The average Bonchev–Trinajstić information content (AvgIpc) is 2.97. The van der Waals surface area contributed by atoms with Crippen molar-refractivity contribution in [3.63, 3.8) is 0 Å². The monoisotopic (exact) mass is 557 g/mol. The lowest BCUT2D eigenvalue weighted by atomic mass is 9.92. The molecule has 4 rings (SSSR count). The molecule has 3 aromatic carbocycles. The van der Waals surface area contributed by atoms with Gasteiger partial charge >= 0.3 is 18.1 Å². The van der Waals surface area contributed by atoms with Crippen LogP contribution in [0.25, 0.3) is 10.8 Å². The number of carbonyl (C=O) groups excluding carboxylic acids is 3. The Hall–Kier alpha value is -3.76. The first-order chi connectivity index (χ1) is 18.7. The molecule has 10 heteroatoms. The van der Waals surface area contributed by atoms with Gasteiger partial charge in [-0.1, -0.05) is 63.2 Å².